The third-order valence-electron chi connectivity index (χ3n) is 3.80. The molecule has 0 fully saturated rings. The van der Waals surface area contributed by atoms with E-state index in [2.05, 4.69) is 38.7 Å². The molecule has 28 heavy (non-hydrogen) atoms. The molecule has 144 valence electrons. The van der Waals surface area contributed by atoms with E-state index in [1.54, 1.807) is 23.9 Å². The van der Waals surface area contributed by atoms with E-state index < -0.39 is 0 Å². The van der Waals surface area contributed by atoms with Gasteiger partial charge in [0.05, 0.1) is 6.26 Å². The number of hydrogen-bond donors (Lipinski definition) is 2. The Bertz CT molecular complexity index is 910. The second-order valence-electron chi connectivity index (χ2n) is 5.97. The smallest absolute Gasteiger partial charge is 0.286 e. The van der Waals surface area contributed by atoms with Gasteiger partial charge in [0.25, 0.3) is 5.91 Å². The van der Waals surface area contributed by atoms with Crippen molar-refractivity contribution in [3.8, 4) is 0 Å². The van der Waals surface area contributed by atoms with Crippen LogP contribution in [0.15, 0.2) is 85.6 Å². The summed E-state index contributed by atoms with van der Waals surface area (Å²) in [7, 11) is 0. The van der Waals surface area contributed by atoms with Crippen LogP contribution in [0.1, 0.15) is 23.4 Å². The van der Waals surface area contributed by atoms with E-state index in [1.807, 2.05) is 36.4 Å². The largest absolute Gasteiger partial charge is 0.459 e. The van der Waals surface area contributed by atoms with Crippen molar-refractivity contribution in [2.45, 2.75) is 22.6 Å². The maximum Gasteiger partial charge on any atom is 0.286 e. The lowest BCUT2D eigenvalue weighted by atomic mass is 10.2. The van der Waals surface area contributed by atoms with Crippen LogP contribution >= 0.6 is 27.7 Å². The van der Waals surface area contributed by atoms with E-state index in [1.165, 1.54) is 6.26 Å². The number of benzene rings is 2. The topological polar surface area (TPSA) is 71.3 Å². The minimum Gasteiger partial charge on any atom is -0.459 e. The van der Waals surface area contributed by atoms with Crippen LogP contribution in [0.2, 0.25) is 0 Å². The maximum absolute atomic E-state index is 12.0. The molecule has 3 aromatic rings. The molecule has 0 aliphatic heterocycles. The van der Waals surface area contributed by atoms with E-state index in [9.17, 15) is 9.59 Å². The van der Waals surface area contributed by atoms with Crippen molar-refractivity contribution in [3.63, 3.8) is 0 Å². The molecule has 2 N–H and O–H groups in total. The molecular formula is C21H19BrN2O3S. The second-order valence-corrected chi connectivity index (χ2v) is 8.03. The summed E-state index contributed by atoms with van der Waals surface area (Å²) in [4.78, 5) is 26.0. The van der Waals surface area contributed by atoms with Gasteiger partial charge >= 0.3 is 0 Å². The number of nitrogens with one attached hydrogen (secondary N) is 2. The molecule has 0 aliphatic carbocycles. The number of rotatable bonds is 8. The first-order chi connectivity index (χ1) is 13.6. The monoisotopic (exact) mass is 458 g/mol. The number of carbonyl (C=O) groups excluding carboxylic acids is 2. The Labute approximate surface area is 176 Å². The fourth-order valence-electron chi connectivity index (χ4n) is 2.41. The normalized spacial score (nSPS) is 10.5. The van der Waals surface area contributed by atoms with Gasteiger partial charge in [-0.25, -0.2) is 0 Å². The molecule has 0 bridgehead atoms. The summed E-state index contributed by atoms with van der Waals surface area (Å²) in [5.41, 5.74) is 0.754. The first-order valence-corrected chi connectivity index (χ1v) is 10.4. The number of carbonyl (C=O) groups is 2. The lowest BCUT2D eigenvalue weighted by Gasteiger charge is -2.07. The zero-order chi connectivity index (χ0) is 19.8. The van der Waals surface area contributed by atoms with Crippen molar-refractivity contribution in [2.24, 2.45) is 0 Å². The molecule has 0 atom stereocenters. The van der Waals surface area contributed by atoms with Crippen molar-refractivity contribution in [3.05, 3.63) is 77.2 Å². The van der Waals surface area contributed by atoms with Crippen LogP contribution in [0.5, 0.6) is 0 Å². The van der Waals surface area contributed by atoms with Crippen LogP contribution in [0, 0.1) is 0 Å². The minimum absolute atomic E-state index is 0.0828. The van der Waals surface area contributed by atoms with E-state index in [0.29, 0.717) is 19.4 Å². The summed E-state index contributed by atoms with van der Waals surface area (Å²) in [5, 5.41) is 5.59. The van der Waals surface area contributed by atoms with Gasteiger partial charge in [-0.2, -0.15) is 0 Å². The molecule has 7 heteroatoms. The summed E-state index contributed by atoms with van der Waals surface area (Å²) in [6.45, 7) is 0.412. The third-order valence-corrected chi connectivity index (χ3v) is 5.34. The Balaban J connectivity index is 1.39. The lowest BCUT2D eigenvalue weighted by Crippen LogP contribution is -2.25. The third kappa shape index (κ3) is 6.28. The standard InChI is InChI=1S/C21H19BrN2O3S/c22-15-5-9-17(10-6-15)28-18-11-7-16(8-12-18)24-20(25)4-1-13-23-21(26)19-3-2-14-27-19/h2-3,5-12,14H,1,4,13H2,(H,23,26)(H,24,25). The number of anilines is 1. The molecular weight excluding hydrogens is 440 g/mol. The van der Waals surface area contributed by atoms with Crippen molar-refractivity contribution < 1.29 is 14.0 Å². The van der Waals surface area contributed by atoms with Crippen molar-refractivity contribution >= 4 is 45.2 Å². The zero-order valence-corrected chi connectivity index (χ0v) is 17.4. The molecule has 2 aromatic carbocycles. The average molecular weight is 459 g/mol. The van der Waals surface area contributed by atoms with Gasteiger partial charge in [-0.3, -0.25) is 9.59 Å². The number of halogens is 1. The summed E-state index contributed by atoms with van der Waals surface area (Å²) in [6.07, 6.45) is 2.33. The van der Waals surface area contributed by atoms with Gasteiger partial charge in [0, 0.05) is 32.9 Å². The Hall–Kier alpha value is -2.51. The Morgan fingerprint density at radius 3 is 2.29 bits per heavy atom. The highest BCUT2D eigenvalue weighted by Crippen LogP contribution is 2.29. The van der Waals surface area contributed by atoms with Crippen LogP contribution in [0.25, 0.3) is 0 Å². The van der Waals surface area contributed by atoms with Gasteiger partial charge in [-0.15, -0.1) is 0 Å². The summed E-state index contributed by atoms with van der Waals surface area (Å²) < 4.78 is 6.06. The van der Waals surface area contributed by atoms with Gasteiger partial charge in [-0.05, 0) is 67.1 Å². The first-order valence-electron chi connectivity index (χ1n) is 8.75. The number of amides is 2. The first kappa shape index (κ1) is 20.2. The number of furan rings is 1. The van der Waals surface area contributed by atoms with E-state index in [0.717, 1.165) is 20.0 Å². The number of hydrogen-bond acceptors (Lipinski definition) is 4. The summed E-state index contributed by atoms with van der Waals surface area (Å²) in [6, 6.07) is 19.1. The Morgan fingerprint density at radius 2 is 1.64 bits per heavy atom. The Kier molecular flexibility index (Phi) is 7.33. The summed E-state index contributed by atoms with van der Waals surface area (Å²) >= 11 is 5.09. The molecule has 1 heterocycles. The molecule has 0 aliphatic rings. The molecule has 2 amide bonds. The molecule has 0 radical (unpaired) electrons. The predicted octanol–water partition coefficient (Wildman–Crippen LogP) is 5.34. The van der Waals surface area contributed by atoms with Gasteiger partial charge < -0.3 is 15.1 Å². The van der Waals surface area contributed by atoms with Gasteiger partial charge in [0.15, 0.2) is 5.76 Å². The SMILES string of the molecule is O=C(CCCNC(=O)c1ccco1)Nc1ccc(Sc2ccc(Br)cc2)cc1. The molecule has 3 rings (SSSR count). The van der Waals surface area contributed by atoms with Crippen molar-refractivity contribution in [2.75, 3.05) is 11.9 Å². The second kappa shape index (κ2) is 10.1. The van der Waals surface area contributed by atoms with Crippen LogP contribution < -0.4 is 10.6 Å². The molecule has 5 nitrogen and oxygen atoms in total. The molecule has 0 spiro atoms. The van der Waals surface area contributed by atoms with Crippen LogP contribution in [-0.2, 0) is 4.79 Å². The molecule has 1 aromatic heterocycles. The van der Waals surface area contributed by atoms with Crippen LogP contribution in [0.4, 0.5) is 5.69 Å². The van der Waals surface area contributed by atoms with Gasteiger partial charge in [-0.1, -0.05) is 27.7 Å². The van der Waals surface area contributed by atoms with Crippen LogP contribution in [-0.4, -0.2) is 18.4 Å². The van der Waals surface area contributed by atoms with Crippen molar-refractivity contribution in [1.29, 1.82) is 0 Å². The highest BCUT2D eigenvalue weighted by molar-refractivity contribution is 9.10. The average Bonchev–Trinajstić information content (AvgIpc) is 3.23. The van der Waals surface area contributed by atoms with Crippen molar-refractivity contribution in [1.82, 2.24) is 5.32 Å². The highest BCUT2D eigenvalue weighted by Gasteiger charge is 2.08. The molecule has 0 saturated heterocycles. The fourth-order valence-corrected chi connectivity index (χ4v) is 3.50. The quantitative estimate of drug-likeness (QED) is 0.446. The molecule has 0 saturated carbocycles. The zero-order valence-electron chi connectivity index (χ0n) is 15.0. The van der Waals surface area contributed by atoms with E-state index in [-0.39, 0.29) is 17.6 Å². The highest BCUT2D eigenvalue weighted by atomic mass is 79.9. The fraction of sp³-hybridized carbons (Fsp3) is 0.143. The van der Waals surface area contributed by atoms with Gasteiger partial charge in [0.2, 0.25) is 5.91 Å². The Morgan fingerprint density at radius 1 is 0.964 bits per heavy atom. The lowest BCUT2D eigenvalue weighted by molar-refractivity contribution is -0.116. The van der Waals surface area contributed by atoms with Crippen LogP contribution in [0.3, 0.4) is 0 Å². The van der Waals surface area contributed by atoms with E-state index >= 15 is 0 Å². The predicted molar refractivity (Wildman–Crippen MR) is 114 cm³/mol. The summed E-state index contributed by atoms with van der Waals surface area (Å²) in [5.74, 6) is -0.0876. The maximum atomic E-state index is 12.0. The van der Waals surface area contributed by atoms with E-state index in [4.69, 9.17) is 4.42 Å². The minimum atomic E-state index is -0.274. The molecule has 0 unspecified atom stereocenters. The van der Waals surface area contributed by atoms with Gasteiger partial charge in [0.1, 0.15) is 0 Å².